The van der Waals surface area contributed by atoms with Gasteiger partial charge in [0.1, 0.15) is 0 Å². The van der Waals surface area contributed by atoms with Crippen LogP contribution in [0.5, 0.6) is 0 Å². The zero-order valence-corrected chi connectivity index (χ0v) is 14.5. The Hall–Kier alpha value is -1.72. The zero-order chi connectivity index (χ0) is 16.2. The van der Waals surface area contributed by atoms with Gasteiger partial charge in [0.25, 0.3) is 0 Å². The van der Waals surface area contributed by atoms with E-state index in [0.717, 1.165) is 37.3 Å². The highest BCUT2D eigenvalue weighted by Crippen LogP contribution is 2.24. The van der Waals surface area contributed by atoms with Crippen molar-refractivity contribution in [2.75, 3.05) is 18.0 Å². The van der Waals surface area contributed by atoms with E-state index in [1.807, 2.05) is 22.5 Å². The number of benzene rings is 1. The second kappa shape index (κ2) is 7.23. The van der Waals surface area contributed by atoms with Gasteiger partial charge in [0, 0.05) is 36.1 Å². The first-order valence-corrected chi connectivity index (χ1v) is 9.06. The van der Waals surface area contributed by atoms with Gasteiger partial charge in [0.15, 0.2) is 0 Å². The minimum absolute atomic E-state index is 0.239. The Morgan fingerprint density at radius 1 is 1.43 bits per heavy atom. The normalized spacial score (nSPS) is 16.1. The van der Waals surface area contributed by atoms with E-state index in [2.05, 4.69) is 36.3 Å². The maximum atomic E-state index is 11.9. The minimum Gasteiger partial charge on any atom is -0.312 e. The van der Waals surface area contributed by atoms with Gasteiger partial charge in [-0.3, -0.25) is 4.79 Å². The number of thiazole rings is 1. The number of nitrogens with one attached hydrogen (secondary N) is 1. The highest BCUT2D eigenvalue weighted by Gasteiger charge is 2.22. The lowest BCUT2D eigenvalue weighted by Gasteiger charge is -2.19. The summed E-state index contributed by atoms with van der Waals surface area (Å²) in [5.74, 6) is 0.239. The van der Waals surface area contributed by atoms with Gasteiger partial charge in [-0.1, -0.05) is 12.1 Å². The molecule has 23 heavy (non-hydrogen) atoms. The van der Waals surface area contributed by atoms with Crippen LogP contribution in [0.3, 0.4) is 0 Å². The monoisotopic (exact) mass is 329 g/mol. The molecule has 1 aromatic heterocycles. The Balaban J connectivity index is 1.60. The Morgan fingerprint density at radius 2 is 2.30 bits per heavy atom. The average Bonchev–Trinajstić information content (AvgIpc) is 3.16. The van der Waals surface area contributed by atoms with Gasteiger partial charge in [-0.25, -0.2) is 4.98 Å². The van der Waals surface area contributed by atoms with Crippen molar-refractivity contribution in [3.63, 3.8) is 0 Å². The SMILES string of the molecule is Cc1ncsc1CCN[C@@H](C)c1cccc(N2CCCC2=O)c1. The van der Waals surface area contributed by atoms with E-state index in [4.69, 9.17) is 0 Å². The lowest BCUT2D eigenvalue weighted by molar-refractivity contribution is -0.117. The second-order valence-electron chi connectivity index (χ2n) is 6.03. The molecule has 0 radical (unpaired) electrons. The molecule has 1 aliphatic rings. The van der Waals surface area contributed by atoms with Crippen LogP contribution >= 0.6 is 11.3 Å². The van der Waals surface area contributed by atoms with Gasteiger partial charge in [0.2, 0.25) is 5.91 Å². The highest BCUT2D eigenvalue weighted by molar-refractivity contribution is 7.09. The Morgan fingerprint density at radius 3 is 3.00 bits per heavy atom. The standard InChI is InChI=1S/C18H23N3OS/c1-13(19-9-8-17-14(2)20-12-23-17)15-5-3-6-16(11-15)21-10-4-7-18(21)22/h3,5-6,11-13,19H,4,7-10H2,1-2H3/t13-/m0/s1. The second-order valence-corrected chi connectivity index (χ2v) is 6.97. The maximum absolute atomic E-state index is 11.9. The highest BCUT2D eigenvalue weighted by atomic mass is 32.1. The summed E-state index contributed by atoms with van der Waals surface area (Å²) in [7, 11) is 0. The van der Waals surface area contributed by atoms with Gasteiger partial charge < -0.3 is 10.2 Å². The number of aromatic nitrogens is 1. The molecule has 1 N–H and O–H groups in total. The molecule has 0 unspecified atom stereocenters. The van der Waals surface area contributed by atoms with E-state index < -0.39 is 0 Å². The molecule has 0 bridgehead atoms. The molecule has 0 spiro atoms. The maximum Gasteiger partial charge on any atom is 0.227 e. The number of rotatable bonds is 6. The molecule has 1 saturated heterocycles. The number of anilines is 1. The number of hydrogen-bond acceptors (Lipinski definition) is 4. The number of nitrogens with zero attached hydrogens (tertiary/aromatic N) is 2. The molecule has 1 atom stereocenters. The zero-order valence-electron chi connectivity index (χ0n) is 13.7. The number of aryl methyl sites for hydroxylation is 1. The number of carbonyl (C=O) groups is 1. The summed E-state index contributed by atoms with van der Waals surface area (Å²) in [6, 6.07) is 8.60. The molecule has 2 heterocycles. The van der Waals surface area contributed by atoms with E-state index in [1.54, 1.807) is 11.3 Å². The molecule has 1 aliphatic heterocycles. The van der Waals surface area contributed by atoms with E-state index in [-0.39, 0.29) is 11.9 Å². The van der Waals surface area contributed by atoms with Crippen LogP contribution in [0, 0.1) is 6.92 Å². The van der Waals surface area contributed by atoms with Crippen LogP contribution in [0.25, 0.3) is 0 Å². The van der Waals surface area contributed by atoms with Gasteiger partial charge >= 0.3 is 0 Å². The Labute approximate surface area is 141 Å². The van der Waals surface area contributed by atoms with Crippen molar-refractivity contribution in [3.8, 4) is 0 Å². The fourth-order valence-corrected chi connectivity index (χ4v) is 3.75. The molecule has 3 rings (SSSR count). The number of carbonyl (C=O) groups excluding carboxylic acids is 1. The van der Waals surface area contributed by atoms with Crippen molar-refractivity contribution < 1.29 is 4.79 Å². The molecule has 4 nitrogen and oxygen atoms in total. The van der Waals surface area contributed by atoms with Gasteiger partial charge in [-0.15, -0.1) is 11.3 Å². The van der Waals surface area contributed by atoms with Gasteiger partial charge in [-0.2, -0.15) is 0 Å². The minimum atomic E-state index is 0.239. The molecule has 5 heteroatoms. The average molecular weight is 329 g/mol. The van der Waals surface area contributed by atoms with Crippen molar-refractivity contribution in [2.24, 2.45) is 0 Å². The van der Waals surface area contributed by atoms with E-state index in [9.17, 15) is 4.79 Å². The summed E-state index contributed by atoms with van der Waals surface area (Å²) < 4.78 is 0. The summed E-state index contributed by atoms with van der Waals surface area (Å²) in [5.41, 5.74) is 5.30. The molecule has 1 amide bonds. The largest absolute Gasteiger partial charge is 0.312 e. The van der Waals surface area contributed by atoms with Crippen LogP contribution < -0.4 is 10.2 Å². The van der Waals surface area contributed by atoms with Crippen LogP contribution in [-0.4, -0.2) is 24.0 Å². The fraction of sp³-hybridized carbons (Fsp3) is 0.444. The summed E-state index contributed by atoms with van der Waals surface area (Å²) in [5, 5.41) is 3.57. The first-order chi connectivity index (χ1) is 11.1. The topological polar surface area (TPSA) is 45.2 Å². The number of amides is 1. The predicted octanol–water partition coefficient (Wildman–Crippen LogP) is 3.47. The quantitative estimate of drug-likeness (QED) is 0.882. The van der Waals surface area contributed by atoms with Crippen LogP contribution in [-0.2, 0) is 11.2 Å². The summed E-state index contributed by atoms with van der Waals surface area (Å²) >= 11 is 1.72. The summed E-state index contributed by atoms with van der Waals surface area (Å²) in [6.45, 7) is 6.00. The molecule has 1 fully saturated rings. The van der Waals surface area contributed by atoms with Crippen LogP contribution in [0.1, 0.15) is 41.9 Å². The Bertz CT molecular complexity index is 682. The third-order valence-electron chi connectivity index (χ3n) is 4.40. The van der Waals surface area contributed by atoms with Crippen molar-refractivity contribution >= 4 is 22.9 Å². The van der Waals surface area contributed by atoms with Crippen LogP contribution in [0.4, 0.5) is 5.69 Å². The molecule has 1 aromatic carbocycles. The van der Waals surface area contributed by atoms with Crippen LogP contribution in [0.2, 0.25) is 0 Å². The van der Waals surface area contributed by atoms with Crippen molar-refractivity contribution in [1.82, 2.24) is 10.3 Å². The fourth-order valence-electron chi connectivity index (χ4n) is 2.97. The van der Waals surface area contributed by atoms with E-state index >= 15 is 0 Å². The molecule has 0 saturated carbocycles. The molecule has 122 valence electrons. The van der Waals surface area contributed by atoms with Crippen molar-refractivity contribution in [1.29, 1.82) is 0 Å². The van der Waals surface area contributed by atoms with Gasteiger partial charge in [-0.05, 0) is 44.4 Å². The molecular weight excluding hydrogens is 306 g/mol. The van der Waals surface area contributed by atoms with E-state index in [1.165, 1.54) is 10.4 Å². The third kappa shape index (κ3) is 3.79. The molecular formula is C18H23N3OS. The first-order valence-electron chi connectivity index (χ1n) is 8.18. The molecule has 0 aliphatic carbocycles. The smallest absolute Gasteiger partial charge is 0.227 e. The Kier molecular flexibility index (Phi) is 5.08. The van der Waals surface area contributed by atoms with Crippen LogP contribution in [0.15, 0.2) is 29.8 Å². The molecule has 2 aromatic rings. The lowest BCUT2D eigenvalue weighted by Crippen LogP contribution is -2.25. The predicted molar refractivity (Wildman–Crippen MR) is 95.0 cm³/mol. The van der Waals surface area contributed by atoms with Crippen molar-refractivity contribution in [3.05, 3.63) is 45.9 Å². The van der Waals surface area contributed by atoms with Gasteiger partial charge in [0.05, 0.1) is 11.2 Å². The number of hydrogen-bond donors (Lipinski definition) is 1. The lowest BCUT2D eigenvalue weighted by atomic mass is 10.1. The van der Waals surface area contributed by atoms with E-state index in [0.29, 0.717) is 6.42 Å². The summed E-state index contributed by atoms with van der Waals surface area (Å²) in [6.07, 6.45) is 2.64. The summed E-state index contributed by atoms with van der Waals surface area (Å²) in [4.78, 5) is 19.4. The van der Waals surface area contributed by atoms with Crippen molar-refractivity contribution in [2.45, 2.75) is 39.2 Å². The third-order valence-corrected chi connectivity index (χ3v) is 5.40. The first kappa shape index (κ1) is 16.1.